The number of hydrogen-bond acceptors (Lipinski definition) is 18. The molecule has 0 aromatic heterocycles. The number of likely N-dealkylation sites (tertiary alicyclic amines) is 1. The second-order valence-electron chi connectivity index (χ2n) is 40.8. The molecule has 0 amide bonds. The topological polar surface area (TPSA) is 330 Å². The first-order chi connectivity index (χ1) is 58.4. The zero-order valence-electron chi connectivity index (χ0n) is 91.7. The number of nitrogens with zero attached hydrogens (tertiary/aromatic N) is 2. The molecular weight excluding hydrogens is 1830 g/mol. The summed E-state index contributed by atoms with van der Waals surface area (Å²) < 4.78 is 0. The summed E-state index contributed by atoms with van der Waals surface area (Å²) >= 11 is 0. The molecule has 0 unspecified atom stereocenters. The van der Waals surface area contributed by atoms with Crippen LogP contribution in [0.2, 0.25) is 0 Å². The maximum atomic E-state index is 11.0. The van der Waals surface area contributed by atoms with Gasteiger partial charge >= 0.3 is 0 Å². The summed E-state index contributed by atoms with van der Waals surface area (Å²) in [6.45, 7) is 83.8. The fourth-order valence-electron chi connectivity index (χ4n) is 10.7. The van der Waals surface area contributed by atoms with Crippen LogP contribution in [-0.4, -0.2) is 192 Å². The van der Waals surface area contributed by atoms with Crippen LogP contribution in [0.25, 0.3) is 0 Å². The van der Waals surface area contributed by atoms with Gasteiger partial charge in [0.1, 0.15) is 23.0 Å². The molecule has 0 aliphatic carbocycles. The molecule has 1 saturated heterocycles. The largest absolute Gasteiger partial charge is 0.507 e. The molecule has 18 nitrogen and oxygen atoms in total. The minimum absolute atomic E-state index is 0. The summed E-state index contributed by atoms with van der Waals surface area (Å²) in [5.41, 5.74) is 14.0. The van der Waals surface area contributed by atoms with Gasteiger partial charge in [-0.2, -0.15) is 0 Å². The van der Waals surface area contributed by atoms with E-state index in [2.05, 4.69) is 268 Å². The minimum atomic E-state index is -0.564. The van der Waals surface area contributed by atoms with Crippen LogP contribution in [0.5, 0.6) is 23.0 Å². The van der Waals surface area contributed by atoms with E-state index in [1.807, 2.05) is 20.2 Å². The Labute approximate surface area is 874 Å². The Bertz CT molecular complexity index is 3650. The van der Waals surface area contributed by atoms with Gasteiger partial charge in [-0.15, -0.1) is 0 Å². The number of aromatic hydroxyl groups is 4. The van der Waals surface area contributed by atoms with Crippen molar-refractivity contribution in [3.05, 3.63) is 212 Å². The first-order valence-corrected chi connectivity index (χ1v) is 47.7. The Morgan fingerprint density at radius 1 is 0.286 bits per heavy atom. The van der Waals surface area contributed by atoms with Crippen molar-refractivity contribution in [1.82, 2.24) is 9.80 Å². The van der Waals surface area contributed by atoms with Crippen LogP contribution in [0, 0.1) is 27.7 Å². The molecule has 0 atom stereocenters. The van der Waals surface area contributed by atoms with Crippen LogP contribution in [0.3, 0.4) is 0 Å². The fraction of sp³-hybridized carbons (Fsp3) is 0.618. The molecule has 23 heteroatoms. The maximum Gasteiger partial charge on any atom is 0.123 e. The Balaban J connectivity index is -0.000000126. The Hall–Kier alpha value is -3.53. The van der Waals surface area contributed by atoms with Crippen LogP contribution in [-0.2, 0) is 133 Å². The number of aryl methyl sites for hydroxylation is 4. The van der Waals surface area contributed by atoms with Gasteiger partial charge in [-0.3, -0.25) is 4.90 Å². The van der Waals surface area contributed by atoms with E-state index in [1.54, 1.807) is 166 Å². The van der Waals surface area contributed by atoms with E-state index in [4.69, 9.17) is 61.3 Å². The van der Waals surface area contributed by atoms with E-state index in [-0.39, 0.29) is 187 Å². The second kappa shape index (κ2) is 83.1. The molecule has 0 spiro atoms. The number of aliphatic hydroxyl groups excluding tert-OH is 12. The van der Waals surface area contributed by atoms with Crippen molar-refractivity contribution >= 4 is 18.5 Å². The summed E-state index contributed by atoms with van der Waals surface area (Å²) in [5.74, 6) is 1.84. The van der Waals surface area contributed by atoms with Gasteiger partial charge in [-0.1, -0.05) is 259 Å². The smallest absolute Gasteiger partial charge is 0.123 e. The molecule has 0 radical (unpaired) electrons. The first-order valence-electron chi connectivity index (χ1n) is 46.2. The van der Waals surface area contributed by atoms with Gasteiger partial charge < -0.3 is 86.6 Å². The van der Waals surface area contributed by atoms with Gasteiger partial charge in [0.2, 0.25) is 0 Å². The molecule has 8 rings (SSSR count). The summed E-state index contributed by atoms with van der Waals surface area (Å²) in [4.78, 5) is 4.50. The summed E-state index contributed by atoms with van der Waals surface area (Å²) in [5, 5.41) is 142. The van der Waals surface area contributed by atoms with Gasteiger partial charge in [0, 0.05) is 201 Å². The van der Waals surface area contributed by atoms with Crippen molar-refractivity contribution in [2.45, 2.75) is 423 Å². The fourth-order valence-corrected chi connectivity index (χ4v) is 13.0. The number of hydrogen-bond donors (Lipinski definition) is 16. The van der Waals surface area contributed by atoms with Gasteiger partial charge in [-0.25, -0.2) is 0 Å². The average molecular weight is 2030 g/mol. The van der Waals surface area contributed by atoms with E-state index in [1.165, 1.54) is 51.3 Å². The van der Waals surface area contributed by atoms with Gasteiger partial charge in [0.15, 0.2) is 0 Å². The average Bonchev–Trinajstić information content (AvgIpc) is 1.02. The third-order valence-electron chi connectivity index (χ3n) is 15.2. The number of phenolic OH excluding ortho intramolecular Hbond substituents is 4. The molecule has 7 aromatic carbocycles. The van der Waals surface area contributed by atoms with Crippen molar-refractivity contribution in [1.29, 1.82) is 0 Å². The van der Waals surface area contributed by atoms with Crippen LogP contribution < -0.4 is 10.6 Å². The molecule has 133 heavy (non-hydrogen) atoms. The second-order valence-corrected chi connectivity index (χ2v) is 43.0. The number of rotatable bonds is 10. The number of benzene rings is 7. The van der Waals surface area contributed by atoms with Gasteiger partial charge in [0.25, 0.3) is 0 Å². The number of phenols is 4. The van der Waals surface area contributed by atoms with E-state index in [0.717, 1.165) is 76.8 Å². The quantitative estimate of drug-likeness (QED) is 0.0447. The van der Waals surface area contributed by atoms with Gasteiger partial charge in [-0.05, 0) is 307 Å². The Morgan fingerprint density at radius 3 is 0.722 bits per heavy atom. The SMILES string of the molecule is CC(C)O.CC(C)O.CC(C)O.CC(C)O.CC(C)O.CC(C)O.CC(C)O.CC(C)O.CC(C)O.CC(C)O.CC(C)O.CC(C)O.Cc1cc(C(C)(C)C)c(O)c(C(C)(C)c2ccccc2)c1.Cc1cc(CN(C)C)c(O)c(C(C)(C)C)c1.Cc1cc(CN2CCCC2)c(O)c(C(C)(C)C)c1.Cc1cc(CP(c2ccccc2)c2ccccc2)c(O)c(C(C)(C)C)c1.[Ti].[Ti].[Ti].[Ti]. The van der Waals surface area contributed by atoms with E-state index < -0.39 is 7.92 Å². The monoisotopic (exact) mass is 2030 g/mol. The van der Waals surface area contributed by atoms with E-state index in [0.29, 0.717) is 23.0 Å². The van der Waals surface area contributed by atoms with Crippen LogP contribution >= 0.6 is 7.92 Å². The third-order valence-corrected chi connectivity index (χ3v) is 17.7. The van der Waals surface area contributed by atoms with Crippen LogP contribution in [0.15, 0.2) is 140 Å². The minimum Gasteiger partial charge on any atom is -0.507 e. The van der Waals surface area contributed by atoms with E-state index >= 15 is 0 Å². The van der Waals surface area contributed by atoms with Crippen LogP contribution in [0.4, 0.5) is 0 Å². The summed E-state index contributed by atoms with van der Waals surface area (Å²) in [7, 11) is 3.46. The van der Waals surface area contributed by atoms with Crippen molar-refractivity contribution in [3.63, 3.8) is 0 Å². The predicted molar refractivity (Wildman–Crippen MR) is 558 cm³/mol. The molecule has 1 aliphatic heterocycles. The normalized spacial score (nSPS) is 11.3. The Kier molecular flexibility index (Phi) is 96.8. The molecular formula is C110H197N2O16PTi4. The Morgan fingerprint density at radius 2 is 0.481 bits per heavy atom. The third kappa shape index (κ3) is 94.5. The molecule has 764 valence electrons. The molecule has 0 saturated carbocycles. The summed E-state index contributed by atoms with van der Waals surface area (Å²) in [6, 6.07) is 48.6. The van der Waals surface area contributed by atoms with Gasteiger partial charge in [0.05, 0.1) is 0 Å². The first kappa shape index (κ1) is 155. The molecule has 7 aromatic rings. The molecule has 0 bridgehead atoms. The van der Waals surface area contributed by atoms with Crippen LogP contribution in [0.1, 0.15) is 348 Å². The van der Waals surface area contributed by atoms with E-state index in [9.17, 15) is 20.4 Å². The zero-order valence-corrected chi connectivity index (χ0v) is 98.8. The summed E-state index contributed by atoms with van der Waals surface area (Å²) in [6.07, 6.45) is 1.43. The standard InChI is InChI=1S/C24H27OP.C20H26O.C16H25NO.C14H23NO.12C3H8O.4Ti/c1-18-15-19(23(25)22(16-18)24(2,3)4)17-26(20-11-7-5-8-12-20)21-13-9-6-10-14-21;1-14-12-16(19(2,3)4)18(21)17(13-14)20(5,6)15-10-8-7-9-11-15;1-12-9-13(11-17-7-5-6-8-17)15(18)14(10-12)16(2,3)4;1-10-7-11(9-15(5)6)13(16)12(8-10)14(2,3)4;12*1-3(2)4;;;;/h5-16,25H,17H2,1-4H3;7-13,21H,1-6H3;9-10,18H,5-8,11H2,1-4H3;7-8,16H,9H2,1-6H3;12*3-4H,1-2H3;;;;. The molecule has 1 fully saturated rings. The van der Waals surface area contributed by atoms with Crippen molar-refractivity contribution in [2.75, 3.05) is 27.2 Å². The van der Waals surface area contributed by atoms with Crippen molar-refractivity contribution in [2.24, 2.45) is 0 Å². The van der Waals surface area contributed by atoms with Crippen molar-refractivity contribution < 1.29 is 169 Å². The van der Waals surface area contributed by atoms with Crippen molar-refractivity contribution in [3.8, 4) is 23.0 Å². The molecule has 16 N–H and O–H groups in total. The zero-order chi connectivity index (χ0) is 103. The maximum absolute atomic E-state index is 11.0. The molecule has 1 heterocycles. The predicted octanol–water partition coefficient (Wildman–Crippen LogP) is 22.2. The number of aliphatic hydroxyl groups is 12. The molecule has 1 aliphatic rings.